The summed E-state index contributed by atoms with van der Waals surface area (Å²) in [5.74, 6) is 0.245. The van der Waals surface area contributed by atoms with Crippen LogP contribution in [0.25, 0.3) is 0 Å². The first kappa shape index (κ1) is 24.4. The fourth-order valence-corrected chi connectivity index (χ4v) is 4.07. The van der Waals surface area contributed by atoms with Gasteiger partial charge in [0.1, 0.15) is 0 Å². The van der Waals surface area contributed by atoms with Crippen LogP contribution in [-0.4, -0.2) is 43.3 Å². The third-order valence-electron chi connectivity index (χ3n) is 5.59. The molecule has 0 N–H and O–H groups in total. The number of Topliss-reactive ketones (excluding diaryl/α,β-unsaturated/α-hetero) is 1. The molecule has 0 atom stereocenters. The molecule has 3 rings (SSSR count). The molecule has 2 aromatic rings. The second-order valence-electron chi connectivity index (χ2n) is 7.79. The van der Waals surface area contributed by atoms with Crippen LogP contribution in [0.1, 0.15) is 47.7 Å². The highest BCUT2D eigenvalue weighted by Gasteiger charge is 2.23. The van der Waals surface area contributed by atoms with Crippen molar-refractivity contribution in [1.29, 1.82) is 0 Å². The summed E-state index contributed by atoms with van der Waals surface area (Å²) in [6, 6.07) is 13.7. The van der Waals surface area contributed by atoms with Crippen LogP contribution >= 0.6 is 24.0 Å². The van der Waals surface area contributed by atoms with Crippen molar-refractivity contribution in [1.82, 2.24) is 4.90 Å². The Labute approximate surface area is 190 Å². The van der Waals surface area contributed by atoms with Crippen LogP contribution in [0.4, 0.5) is 5.69 Å². The quantitative estimate of drug-likeness (QED) is 0.390. The molecule has 0 saturated carbocycles. The number of ketones is 1. The van der Waals surface area contributed by atoms with Crippen LogP contribution in [0.5, 0.6) is 0 Å². The van der Waals surface area contributed by atoms with Gasteiger partial charge in [0.2, 0.25) is 5.91 Å². The molecule has 0 fully saturated rings. The smallest absolute Gasteiger partial charge is 0.223 e. The molecule has 0 aromatic heterocycles. The van der Waals surface area contributed by atoms with E-state index in [-0.39, 0.29) is 24.1 Å². The maximum Gasteiger partial charge on any atom is 0.223 e. The summed E-state index contributed by atoms with van der Waals surface area (Å²) in [7, 11) is 2.11. The first-order chi connectivity index (χ1) is 14.0. The van der Waals surface area contributed by atoms with Crippen molar-refractivity contribution < 1.29 is 9.59 Å². The predicted octanol–water partition coefficient (Wildman–Crippen LogP) is 5.20. The molecule has 4 nitrogen and oxygen atoms in total. The third kappa shape index (κ3) is 6.31. The minimum atomic E-state index is 0. The summed E-state index contributed by atoms with van der Waals surface area (Å²) in [5, 5.41) is 0.826. The van der Waals surface area contributed by atoms with E-state index in [0.717, 1.165) is 60.6 Å². The number of rotatable bonds is 9. The Balaban J connectivity index is 0.00000320. The van der Waals surface area contributed by atoms with Crippen LogP contribution < -0.4 is 4.90 Å². The Morgan fingerprint density at radius 3 is 2.60 bits per heavy atom. The SMILES string of the molecule is CC(=O)N1CCc2cc(C(=O)CCCCN(C)CCc3ccccc3Cl)ccc21.Cl. The zero-order chi connectivity index (χ0) is 20.8. The molecule has 30 heavy (non-hydrogen) atoms. The molecule has 0 saturated heterocycles. The molecule has 1 amide bonds. The number of nitrogens with zero attached hydrogens (tertiary/aromatic N) is 2. The van der Waals surface area contributed by atoms with E-state index in [9.17, 15) is 9.59 Å². The summed E-state index contributed by atoms with van der Waals surface area (Å²) in [5.41, 5.74) is 4.00. The molecule has 0 unspecified atom stereocenters. The molecule has 1 heterocycles. The van der Waals surface area contributed by atoms with Crippen molar-refractivity contribution in [3.05, 3.63) is 64.2 Å². The fourth-order valence-electron chi connectivity index (χ4n) is 3.84. The minimum Gasteiger partial charge on any atom is -0.312 e. The molecular formula is C24H30Cl2N2O2. The van der Waals surface area contributed by atoms with E-state index in [1.807, 2.05) is 36.4 Å². The third-order valence-corrected chi connectivity index (χ3v) is 5.96. The van der Waals surface area contributed by atoms with Crippen molar-refractivity contribution in [2.45, 2.75) is 39.0 Å². The first-order valence-corrected chi connectivity index (χ1v) is 10.7. The molecule has 1 aliphatic heterocycles. The summed E-state index contributed by atoms with van der Waals surface area (Å²) in [4.78, 5) is 28.3. The lowest BCUT2D eigenvalue weighted by molar-refractivity contribution is -0.116. The van der Waals surface area contributed by atoms with Gasteiger partial charge in [-0.15, -0.1) is 12.4 Å². The van der Waals surface area contributed by atoms with E-state index in [1.165, 1.54) is 5.56 Å². The average Bonchev–Trinajstić information content (AvgIpc) is 3.14. The Kier molecular flexibility index (Phi) is 9.35. The van der Waals surface area contributed by atoms with Crippen molar-refractivity contribution in [3.8, 4) is 0 Å². The topological polar surface area (TPSA) is 40.6 Å². The van der Waals surface area contributed by atoms with Gasteiger partial charge in [0.15, 0.2) is 5.78 Å². The molecule has 0 aliphatic carbocycles. The van der Waals surface area contributed by atoms with E-state index in [2.05, 4.69) is 18.0 Å². The number of likely N-dealkylation sites (N-methyl/N-ethyl adjacent to an activating group) is 1. The van der Waals surface area contributed by atoms with Gasteiger partial charge in [-0.2, -0.15) is 0 Å². The zero-order valence-corrected chi connectivity index (χ0v) is 19.3. The van der Waals surface area contributed by atoms with Crippen molar-refractivity contribution >= 4 is 41.4 Å². The minimum absolute atomic E-state index is 0. The highest BCUT2D eigenvalue weighted by molar-refractivity contribution is 6.31. The number of hydrogen-bond acceptors (Lipinski definition) is 3. The van der Waals surface area contributed by atoms with E-state index in [4.69, 9.17) is 11.6 Å². The van der Waals surface area contributed by atoms with Gasteiger partial charge >= 0.3 is 0 Å². The lowest BCUT2D eigenvalue weighted by Crippen LogP contribution is -2.25. The van der Waals surface area contributed by atoms with E-state index < -0.39 is 0 Å². The highest BCUT2D eigenvalue weighted by Crippen LogP contribution is 2.29. The Hall–Kier alpha value is -1.88. The normalized spacial score (nSPS) is 12.6. The number of anilines is 1. The number of halogens is 2. The number of carbonyl (C=O) groups is 2. The summed E-state index contributed by atoms with van der Waals surface area (Å²) >= 11 is 6.21. The molecule has 6 heteroatoms. The van der Waals surface area contributed by atoms with Crippen molar-refractivity contribution in [2.75, 3.05) is 31.6 Å². The molecule has 0 bridgehead atoms. The molecule has 0 spiro atoms. The van der Waals surface area contributed by atoms with Crippen LogP contribution in [0, 0.1) is 0 Å². The van der Waals surface area contributed by atoms with Gasteiger partial charge in [0.25, 0.3) is 0 Å². The van der Waals surface area contributed by atoms with Crippen LogP contribution in [0.2, 0.25) is 5.02 Å². The lowest BCUT2D eigenvalue weighted by atomic mass is 10.0. The maximum absolute atomic E-state index is 12.5. The van der Waals surface area contributed by atoms with E-state index in [1.54, 1.807) is 11.8 Å². The second-order valence-corrected chi connectivity index (χ2v) is 8.20. The van der Waals surface area contributed by atoms with E-state index >= 15 is 0 Å². The van der Waals surface area contributed by atoms with E-state index in [0.29, 0.717) is 13.0 Å². The summed E-state index contributed by atoms with van der Waals surface area (Å²) in [6.45, 7) is 4.22. The molecule has 162 valence electrons. The molecule has 0 radical (unpaired) electrons. The zero-order valence-electron chi connectivity index (χ0n) is 17.7. The Morgan fingerprint density at radius 2 is 1.87 bits per heavy atom. The number of amides is 1. The molecule has 1 aliphatic rings. The molecule has 2 aromatic carbocycles. The highest BCUT2D eigenvalue weighted by atomic mass is 35.5. The second kappa shape index (κ2) is 11.5. The van der Waals surface area contributed by atoms with Gasteiger partial charge in [0.05, 0.1) is 0 Å². The largest absolute Gasteiger partial charge is 0.312 e. The number of carbonyl (C=O) groups excluding carboxylic acids is 2. The Morgan fingerprint density at radius 1 is 1.10 bits per heavy atom. The maximum atomic E-state index is 12.5. The van der Waals surface area contributed by atoms with Crippen molar-refractivity contribution in [2.24, 2.45) is 0 Å². The van der Waals surface area contributed by atoms with Gasteiger partial charge in [-0.25, -0.2) is 0 Å². The Bertz CT molecular complexity index is 885. The van der Waals surface area contributed by atoms with Crippen LogP contribution in [-0.2, 0) is 17.6 Å². The van der Waals surface area contributed by atoms with Gasteiger partial charge in [0, 0.05) is 42.7 Å². The standard InChI is InChI=1S/C24H29ClN2O2.ClH/c1-18(28)27-16-13-20-17-21(10-11-23(20)27)24(29)9-5-6-14-26(2)15-12-19-7-3-4-8-22(19)25;/h3-4,7-8,10-11,17H,5-6,9,12-16H2,1-2H3;1H. The summed E-state index contributed by atoms with van der Waals surface area (Å²) < 4.78 is 0. The van der Waals surface area contributed by atoms with Gasteiger partial charge in [-0.1, -0.05) is 29.8 Å². The van der Waals surface area contributed by atoms with Gasteiger partial charge in [-0.05, 0) is 74.7 Å². The number of hydrogen-bond donors (Lipinski definition) is 0. The average molecular weight is 449 g/mol. The lowest BCUT2D eigenvalue weighted by Gasteiger charge is -2.17. The number of unbranched alkanes of at least 4 members (excludes halogenated alkanes) is 1. The predicted molar refractivity (Wildman–Crippen MR) is 126 cm³/mol. The van der Waals surface area contributed by atoms with Crippen LogP contribution in [0.15, 0.2) is 42.5 Å². The number of benzene rings is 2. The van der Waals surface area contributed by atoms with Crippen LogP contribution in [0.3, 0.4) is 0 Å². The molecular weight excluding hydrogens is 419 g/mol. The summed E-state index contributed by atoms with van der Waals surface area (Å²) in [6.07, 6.45) is 4.20. The van der Waals surface area contributed by atoms with Crippen molar-refractivity contribution in [3.63, 3.8) is 0 Å². The van der Waals surface area contributed by atoms with Gasteiger partial charge < -0.3 is 9.80 Å². The first-order valence-electron chi connectivity index (χ1n) is 10.3. The monoisotopic (exact) mass is 448 g/mol. The number of fused-ring (bicyclic) bond motifs is 1. The van der Waals surface area contributed by atoms with Gasteiger partial charge in [-0.3, -0.25) is 9.59 Å². The fraction of sp³-hybridized carbons (Fsp3) is 0.417.